The van der Waals surface area contributed by atoms with Crippen molar-refractivity contribution in [3.05, 3.63) is 35.4 Å². The lowest BCUT2D eigenvalue weighted by atomic mass is 9.80. The van der Waals surface area contributed by atoms with E-state index >= 15 is 0 Å². The molecule has 1 aromatic carbocycles. The molecule has 1 saturated carbocycles. The first-order valence-electron chi connectivity index (χ1n) is 12.5. The number of rotatable bonds is 7. The average Bonchev–Trinajstić information content (AvgIpc) is 2.81. The van der Waals surface area contributed by atoms with Crippen LogP contribution in [0.2, 0.25) is 0 Å². The molecule has 6 heteroatoms. The van der Waals surface area contributed by atoms with Gasteiger partial charge in [-0.2, -0.15) is 0 Å². The number of carbonyl (C=O) groups excluding carboxylic acids is 3. The molecular weight excluding hydrogens is 416 g/mol. The minimum atomic E-state index is -1.39. The molecule has 2 amide bonds. The maximum atomic E-state index is 13.2. The highest BCUT2D eigenvalue weighted by molar-refractivity contribution is 5.98. The predicted molar refractivity (Wildman–Crippen MR) is 129 cm³/mol. The van der Waals surface area contributed by atoms with Gasteiger partial charge in [-0.25, -0.2) is 0 Å². The number of nitrogens with one attached hydrogen (secondary N) is 1. The fraction of sp³-hybridized carbons (Fsp3) is 0.667. The van der Waals surface area contributed by atoms with Gasteiger partial charge in [0.1, 0.15) is 5.60 Å². The summed E-state index contributed by atoms with van der Waals surface area (Å²) >= 11 is 0. The standard InChI is InChI=1S/C27H40N2O4/c1-18(2)24(30)23(19-10-6-5-7-11-19)28-25(31)21-13-8-12-20(16-21)22-14-9-15-29(17-22)26(32)27(3,4)33/h8,12-13,16,18-19,22-23,33H,5-7,9-11,14-15,17H2,1-4H3,(H,28,31). The number of nitrogens with zero attached hydrogens (tertiary/aromatic N) is 1. The molecule has 0 bridgehead atoms. The van der Waals surface area contributed by atoms with Crippen molar-refractivity contribution in [2.45, 2.75) is 90.2 Å². The normalized spacial score (nSPS) is 21.0. The number of ketones is 1. The van der Waals surface area contributed by atoms with E-state index in [0.717, 1.165) is 44.1 Å². The van der Waals surface area contributed by atoms with Crippen molar-refractivity contribution in [2.75, 3.05) is 13.1 Å². The van der Waals surface area contributed by atoms with Crippen LogP contribution in [-0.4, -0.2) is 52.3 Å². The average molecular weight is 457 g/mol. The van der Waals surface area contributed by atoms with Crippen LogP contribution in [0.4, 0.5) is 0 Å². The van der Waals surface area contributed by atoms with Crippen LogP contribution < -0.4 is 5.32 Å². The van der Waals surface area contributed by atoms with Crippen molar-refractivity contribution in [1.29, 1.82) is 0 Å². The van der Waals surface area contributed by atoms with Gasteiger partial charge in [-0.15, -0.1) is 0 Å². The fourth-order valence-electron chi connectivity index (χ4n) is 5.23. The minimum Gasteiger partial charge on any atom is -0.381 e. The van der Waals surface area contributed by atoms with Crippen molar-refractivity contribution < 1.29 is 19.5 Å². The monoisotopic (exact) mass is 456 g/mol. The summed E-state index contributed by atoms with van der Waals surface area (Å²) in [6.07, 6.45) is 7.17. The maximum absolute atomic E-state index is 13.2. The van der Waals surface area contributed by atoms with Crippen LogP contribution in [0.3, 0.4) is 0 Å². The van der Waals surface area contributed by atoms with Gasteiger partial charge >= 0.3 is 0 Å². The van der Waals surface area contributed by atoms with Gasteiger partial charge in [0.2, 0.25) is 0 Å². The zero-order valence-electron chi connectivity index (χ0n) is 20.6. The summed E-state index contributed by atoms with van der Waals surface area (Å²) in [6.45, 7) is 8.00. The number of carbonyl (C=O) groups is 3. The van der Waals surface area contributed by atoms with Crippen molar-refractivity contribution >= 4 is 17.6 Å². The lowest BCUT2D eigenvalue weighted by molar-refractivity contribution is -0.149. The number of benzene rings is 1. The lowest BCUT2D eigenvalue weighted by Gasteiger charge is -2.36. The Morgan fingerprint density at radius 3 is 2.39 bits per heavy atom. The Kier molecular flexibility index (Phi) is 8.33. The third-order valence-electron chi connectivity index (χ3n) is 7.14. The van der Waals surface area contributed by atoms with Crippen LogP contribution in [0.1, 0.15) is 94.5 Å². The fourth-order valence-corrected chi connectivity index (χ4v) is 5.23. The molecule has 0 radical (unpaired) electrons. The molecule has 3 rings (SSSR count). The summed E-state index contributed by atoms with van der Waals surface area (Å²) in [5, 5.41) is 13.2. The molecule has 1 aromatic rings. The second-order valence-electron chi connectivity index (χ2n) is 10.7. The Bertz CT molecular complexity index is 852. The highest BCUT2D eigenvalue weighted by atomic mass is 16.3. The van der Waals surface area contributed by atoms with E-state index in [2.05, 4.69) is 5.32 Å². The Morgan fingerprint density at radius 1 is 1.06 bits per heavy atom. The quantitative estimate of drug-likeness (QED) is 0.648. The van der Waals surface area contributed by atoms with Gasteiger partial charge in [0, 0.05) is 30.5 Å². The van der Waals surface area contributed by atoms with Gasteiger partial charge in [-0.1, -0.05) is 45.2 Å². The van der Waals surface area contributed by atoms with E-state index in [1.165, 1.54) is 20.3 Å². The third kappa shape index (κ3) is 6.44. The molecule has 2 atom stereocenters. The molecular formula is C27H40N2O4. The van der Waals surface area contributed by atoms with Gasteiger partial charge in [0.05, 0.1) is 6.04 Å². The molecule has 2 N–H and O–H groups in total. The highest BCUT2D eigenvalue weighted by Crippen LogP contribution is 2.30. The molecule has 33 heavy (non-hydrogen) atoms. The van der Waals surface area contributed by atoms with Crippen LogP contribution in [0.15, 0.2) is 24.3 Å². The molecule has 2 fully saturated rings. The molecule has 1 aliphatic carbocycles. The second kappa shape index (κ2) is 10.8. The zero-order valence-corrected chi connectivity index (χ0v) is 20.6. The van der Waals surface area contributed by atoms with Crippen molar-refractivity contribution in [3.63, 3.8) is 0 Å². The van der Waals surface area contributed by atoms with Crippen molar-refractivity contribution in [1.82, 2.24) is 10.2 Å². The van der Waals surface area contributed by atoms with Crippen LogP contribution in [-0.2, 0) is 9.59 Å². The topological polar surface area (TPSA) is 86.7 Å². The number of hydrogen-bond donors (Lipinski definition) is 2. The third-order valence-corrected chi connectivity index (χ3v) is 7.14. The summed E-state index contributed by atoms with van der Waals surface area (Å²) in [5.74, 6) is -0.153. The summed E-state index contributed by atoms with van der Waals surface area (Å²) in [7, 11) is 0. The molecule has 1 aliphatic heterocycles. The maximum Gasteiger partial charge on any atom is 0.253 e. The van der Waals surface area contributed by atoms with E-state index in [0.29, 0.717) is 18.7 Å². The van der Waals surface area contributed by atoms with Crippen LogP contribution in [0.5, 0.6) is 0 Å². The van der Waals surface area contributed by atoms with Gasteiger partial charge < -0.3 is 15.3 Å². The minimum absolute atomic E-state index is 0.111. The Labute approximate surface area is 198 Å². The molecule has 0 spiro atoms. The Balaban J connectivity index is 1.74. The molecule has 1 heterocycles. The second-order valence-corrected chi connectivity index (χ2v) is 10.7. The number of piperidine rings is 1. The van der Waals surface area contributed by atoms with Crippen LogP contribution in [0.25, 0.3) is 0 Å². The summed E-state index contributed by atoms with van der Waals surface area (Å²) < 4.78 is 0. The number of Topliss-reactive ketones (excluding diaryl/α,β-unsaturated/α-hetero) is 1. The van der Waals surface area contributed by atoms with Gasteiger partial charge in [0.15, 0.2) is 5.78 Å². The Hall–Kier alpha value is -2.21. The highest BCUT2D eigenvalue weighted by Gasteiger charge is 2.34. The van der Waals surface area contributed by atoms with Gasteiger partial charge in [-0.3, -0.25) is 14.4 Å². The van der Waals surface area contributed by atoms with Gasteiger partial charge in [0.25, 0.3) is 11.8 Å². The predicted octanol–water partition coefficient (Wildman–Crippen LogP) is 4.07. The van der Waals surface area contributed by atoms with E-state index in [-0.39, 0.29) is 35.4 Å². The molecule has 2 aliphatic rings. The molecule has 0 aromatic heterocycles. The van der Waals surface area contributed by atoms with Crippen LogP contribution in [0, 0.1) is 11.8 Å². The van der Waals surface area contributed by atoms with E-state index in [1.807, 2.05) is 32.0 Å². The summed E-state index contributed by atoms with van der Waals surface area (Å²) in [5.41, 5.74) is 0.178. The summed E-state index contributed by atoms with van der Waals surface area (Å²) in [4.78, 5) is 40.4. The molecule has 1 saturated heterocycles. The zero-order chi connectivity index (χ0) is 24.2. The van der Waals surface area contributed by atoms with Crippen molar-refractivity contribution in [3.8, 4) is 0 Å². The largest absolute Gasteiger partial charge is 0.381 e. The number of likely N-dealkylation sites (tertiary alicyclic amines) is 1. The van der Waals surface area contributed by atoms with Crippen molar-refractivity contribution in [2.24, 2.45) is 11.8 Å². The molecule has 6 nitrogen and oxygen atoms in total. The molecule has 182 valence electrons. The molecule has 2 unspecified atom stereocenters. The van der Waals surface area contributed by atoms with E-state index in [9.17, 15) is 19.5 Å². The smallest absolute Gasteiger partial charge is 0.253 e. The SMILES string of the molecule is CC(C)C(=O)C(NC(=O)c1cccc(C2CCCN(C(=O)C(C)(C)O)C2)c1)C1CCCCC1. The lowest BCUT2D eigenvalue weighted by Crippen LogP contribution is -2.49. The van der Waals surface area contributed by atoms with Gasteiger partial charge in [-0.05, 0) is 63.1 Å². The summed E-state index contributed by atoms with van der Waals surface area (Å²) in [6, 6.07) is 7.13. The van der Waals surface area contributed by atoms with Crippen LogP contribution >= 0.6 is 0 Å². The Morgan fingerprint density at radius 2 is 1.76 bits per heavy atom. The first-order valence-corrected chi connectivity index (χ1v) is 12.5. The number of hydrogen-bond acceptors (Lipinski definition) is 4. The number of amides is 2. The van der Waals surface area contributed by atoms with E-state index in [1.54, 1.807) is 11.0 Å². The van der Waals surface area contributed by atoms with E-state index in [4.69, 9.17) is 0 Å². The number of aliphatic hydroxyl groups is 1. The first-order chi connectivity index (χ1) is 15.6. The first kappa shape index (κ1) is 25.4. The van der Waals surface area contributed by atoms with E-state index < -0.39 is 11.6 Å².